The fourth-order valence-electron chi connectivity index (χ4n) is 3.81. The summed E-state index contributed by atoms with van der Waals surface area (Å²) in [6.45, 7) is 1.13. The highest BCUT2D eigenvalue weighted by Gasteiger charge is 2.27. The summed E-state index contributed by atoms with van der Waals surface area (Å²) in [6, 6.07) is 7.27. The second kappa shape index (κ2) is 8.23. The van der Waals surface area contributed by atoms with Gasteiger partial charge in [0.15, 0.2) is 16.6 Å². The minimum atomic E-state index is -0.374. The molecule has 2 N–H and O–H groups in total. The number of fused-ring (bicyclic) bond motifs is 2. The van der Waals surface area contributed by atoms with Crippen molar-refractivity contribution in [1.82, 2.24) is 30.0 Å². The number of hydrogen-bond acceptors (Lipinski definition) is 9. The zero-order valence-corrected chi connectivity index (χ0v) is 18.5. The maximum Gasteiger partial charge on any atom is 0.277 e. The molecular weight excluding hydrogens is 458 g/mol. The molecule has 0 radical (unpaired) electrons. The van der Waals surface area contributed by atoms with Gasteiger partial charge in [-0.15, -0.1) is 0 Å². The Morgan fingerprint density at radius 3 is 2.94 bits per heavy atom. The van der Waals surface area contributed by atoms with Gasteiger partial charge in [-0.2, -0.15) is 5.10 Å². The third-order valence-corrected chi connectivity index (χ3v) is 6.51. The van der Waals surface area contributed by atoms with Crippen LogP contribution in [0.2, 0.25) is 0 Å². The minimum Gasteiger partial charge on any atom is -0.454 e. The Labute approximate surface area is 196 Å². The lowest BCUT2D eigenvalue weighted by Crippen LogP contribution is -2.35. The summed E-state index contributed by atoms with van der Waals surface area (Å²) >= 11 is 1.35. The Hall–Kier alpha value is -4.32. The molecule has 0 bridgehead atoms. The Kier molecular flexibility index (Phi) is 4.91. The van der Waals surface area contributed by atoms with Gasteiger partial charge < -0.3 is 14.4 Å². The number of benzene rings is 1. The minimum absolute atomic E-state index is 0.149. The number of rotatable bonds is 4. The largest absolute Gasteiger partial charge is 0.454 e. The van der Waals surface area contributed by atoms with Crippen molar-refractivity contribution in [3.05, 3.63) is 64.8 Å². The third-order valence-electron chi connectivity index (χ3n) is 5.51. The van der Waals surface area contributed by atoms with Crippen LogP contribution >= 0.6 is 11.3 Å². The van der Waals surface area contributed by atoms with E-state index in [4.69, 9.17) is 9.47 Å². The first kappa shape index (κ1) is 20.3. The van der Waals surface area contributed by atoms with Crippen LogP contribution in [0, 0.1) is 0 Å². The van der Waals surface area contributed by atoms with Crippen molar-refractivity contribution in [2.45, 2.75) is 13.0 Å². The van der Waals surface area contributed by atoms with Crippen LogP contribution in [0.3, 0.4) is 0 Å². The number of aromatic amines is 1. The first-order valence-corrected chi connectivity index (χ1v) is 11.3. The highest BCUT2D eigenvalue weighted by atomic mass is 32.1. The molecule has 170 valence electrons. The van der Waals surface area contributed by atoms with Crippen molar-refractivity contribution < 1.29 is 19.1 Å². The average molecular weight is 475 g/mol. The molecule has 0 saturated carbocycles. The molecule has 0 fully saturated rings. The summed E-state index contributed by atoms with van der Waals surface area (Å²) in [5, 5.41) is 10.4. The summed E-state index contributed by atoms with van der Waals surface area (Å²) in [5.74, 6) is 0.824. The Morgan fingerprint density at radius 1 is 1.15 bits per heavy atom. The van der Waals surface area contributed by atoms with E-state index < -0.39 is 0 Å². The summed E-state index contributed by atoms with van der Waals surface area (Å²) in [4.78, 5) is 40.5. The van der Waals surface area contributed by atoms with Crippen LogP contribution in [-0.4, -0.2) is 55.2 Å². The quantitative estimate of drug-likeness (QED) is 0.460. The molecule has 0 spiro atoms. The second-order valence-corrected chi connectivity index (χ2v) is 8.73. The van der Waals surface area contributed by atoms with Crippen LogP contribution in [0.15, 0.2) is 42.9 Å². The van der Waals surface area contributed by atoms with E-state index in [1.54, 1.807) is 11.0 Å². The SMILES string of the molecule is O=C(Nc1nc2c(s1)CN(C(=O)c1cc(-c3ccc4c(c3)OCO4)n[nH]1)CC2)c1cnccn1. The standard InChI is InChI=1S/C22H17N7O4S/c30-20(16-9-23-4-5-24-16)26-22-25-13-3-6-29(10-19(13)34-22)21(31)15-8-14(27-28-15)12-1-2-17-18(7-12)33-11-32-17/h1-2,4-5,7-9H,3,6,10-11H2,(H,27,28)(H,25,26,30). The van der Waals surface area contributed by atoms with E-state index >= 15 is 0 Å². The van der Waals surface area contributed by atoms with E-state index in [0.29, 0.717) is 47.5 Å². The van der Waals surface area contributed by atoms with Crippen LogP contribution < -0.4 is 14.8 Å². The topological polar surface area (TPSA) is 135 Å². The number of carbonyl (C=O) groups is 2. The number of hydrogen-bond donors (Lipinski definition) is 2. The zero-order chi connectivity index (χ0) is 23.1. The van der Waals surface area contributed by atoms with E-state index in [0.717, 1.165) is 16.1 Å². The molecule has 4 aromatic rings. The molecule has 2 aliphatic heterocycles. The summed E-state index contributed by atoms with van der Waals surface area (Å²) in [7, 11) is 0. The molecule has 3 aromatic heterocycles. The Morgan fingerprint density at radius 2 is 2.06 bits per heavy atom. The third kappa shape index (κ3) is 3.73. The Bertz CT molecular complexity index is 1400. The van der Waals surface area contributed by atoms with Crippen LogP contribution in [0.25, 0.3) is 11.3 Å². The average Bonchev–Trinajstić information content (AvgIpc) is 3.62. The van der Waals surface area contributed by atoms with Gasteiger partial charge in [0.2, 0.25) is 6.79 Å². The fourth-order valence-corrected chi connectivity index (χ4v) is 4.82. The van der Waals surface area contributed by atoms with Crippen molar-refractivity contribution in [2.24, 2.45) is 0 Å². The predicted molar refractivity (Wildman–Crippen MR) is 121 cm³/mol. The van der Waals surface area contributed by atoms with Crippen molar-refractivity contribution >= 4 is 28.3 Å². The number of carbonyl (C=O) groups excluding carboxylic acids is 2. The van der Waals surface area contributed by atoms with Gasteiger partial charge in [0.05, 0.1) is 24.1 Å². The smallest absolute Gasteiger partial charge is 0.277 e. The Balaban J connectivity index is 1.15. The summed E-state index contributed by atoms with van der Waals surface area (Å²) in [6.07, 6.45) is 4.95. The number of H-pyrrole nitrogens is 1. The highest BCUT2D eigenvalue weighted by molar-refractivity contribution is 7.15. The normalized spacial score (nSPS) is 14.1. The molecule has 2 aliphatic rings. The van der Waals surface area contributed by atoms with E-state index in [1.807, 2.05) is 18.2 Å². The number of thiazole rings is 1. The van der Waals surface area contributed by atoms with Gasteiger partial charge in [0, 0.05) is 35.8 Å². The molecule has 6 rings (SSSR count). The lowest BCUT2D eigenvalue weighted by Gasteiger charge is -2.25. The molecule has 0 unspecified atom stereocenters. The molecule has 0 saturated heterocycles. The van der Waals surface area contributed by atoms with Gasteiger partial charge in [-0.3, -0.25) is 25.0 Å². The van der Waals surface area contributed by atoms with Crippen LogP contribution in [0.4, 0.5) is 5.13 Å². The number of ether oxygens (including phenoxy) is 2. The molecule has 34 heavy (non-hydrogen) atoms. The van der Waals surface area contributed by atoms with Gasteiger partial charge in [-0.1, -0.05) is 11.3 Å². The first-order chi connectivity index (χ1) is 16.6. The lowest BCUT2D eigenvalue weighted by atomic mass is 10.1. The maximum atomic E-state index is 13.1. The van der Waals surface area contributed by atoms with Gasteiger partial charge in [-0.25, -0.2) is 9.97 Å². The molecule has 12 heteroatoms. The van der Waals surface area contributed by atoms with E-state index in [9.17, 15) is 9.59 Å². The molecule has 11 nitrogen and oxygen atoms in total. The summed E-state index contributed by atoms with van der Waals surface area (Å²) in [5.41, 5.74) is 2.97. The van der Waals surface area contributed by atoms with Crippen LogP contribution in [0.1, 0.15) is 31.5 Å². The van der Waals surface area contributed by atoms with Gasteiger partial charge >= 0.3 is 0 Å². The lowest BCUT2D eigenvalue weighted by molar-refractivity contribution is 0.0730. The maximum absolute atomic E-state index is 13.1. The molecule has 0 atom stereocenters. The number of amides is 2. The zero-order valence-electron chi connectivity index (χ0n) is 17.6. The molecule has 1 aromatic carbocycles. The molecular formula is C22H17N7O4S. The van der Waals surface area contributed by atoms with Crippen molar-refractivity contribution in [3.8, 4) is 22.8 Å². The van der Waals surface area contributed by atoms with E-state index in [-0.39, 0.29) is 24.3 Å². The highest BCUT2D eigenvalue weighted by Crippen LogP contribution is 2.35. The van der Waals surface area contributed by atoms with Crippen LogP contribution in [0.5, 0.6) is 11.5 Å². The second-order valence-electron chi connectivity index (χ2n) is 7.65. The monoisotopic (exact) mass is 475 g/mol. The number of nitrogens with zero attached hydrogens (tertiary/aromatic N) is 5. The predicted octanol–water partition coefficient (Wildman–Crippen LogP) is 2.50. The van der Waals surface area contributed by atoms with Crippen LogP contribution in [-0.2, 0) is 13.0 Å². The number of anilines is 1. The number of aromatic nitrogens is 5. The van der Waals surface area contributed by atoms with Crippen molar-refractivity contribution in [1.29, 1.82) is 0 Å². The van der Waals surface area contributed by atoms with Gasteiger partial charge in [0.1, 0.15) is 11.4 Å². The van der Waals surface area contributed by atoms with E-state index in [2.05, 4.69) is 30.5 Å². The van der Waals surface area contributed by atoms with E-state index in [1.165, 1.54) is 29.9 Å². The summed E-state index contributed by atoms with van der Waals surface area (Å²) < 4.78 is 10.8. The molecule has 5 heterocycles. The van der Waals surface area contributed by atoms with Gasteiger partial charge in [-0.05, 0) is 24.3 Å². The molecule has 2 amide bonds. The fraction of sp³-hybridized carbons (Fsp3) is 0.182. The molecule has 0 aliphatic carbocycles. The van der Waals surface area contributed by atoms with Gasteiger partial charge in [0.25, 0.3) is 11.8 Å². The first-order valence-electron chi connectivity index (χ1n) is 10.4. The van der Waals surface area contributed by atoms with Crippen molar-refractivity contribution in [2.75, 3.05) is 18.7 Å². The van der Waals surface area contributed by atoms with Crippen molar-refractivity contribution in [3.63, 3.8) is 0 Å². The number of nitrogens with one attached hydrogen (secondary N) is 2.